The zero-order valence-electron chi connectivity index (χ0n) is 31.5. The van der Waals surface area contributed by atoms with Gasteiger partial charge in [0, 0.05) is 22.4 Å². The number of para-hydroxylation sites is 4. The Morgan fingerprint density at radius 3 is 2.16 bits per heavy atom. The highest BCUT2D eigenvalue weighted by Gasteiger charge is 2.55. The van der Waals surface area contributed by atoms with Gasteiger partial charge in [-0.15, -0.1) is 0 Å². The molecule has 1 unspecified atom stereocenters. The zero-order chi connectivity index (χ0) is 37.2. The lowest BCUT2D eigenvalue weighted by atomic mass is 9.71. The fourth-order valence-electron chi connectivity index (χ4n) is 10.6. The minimum Gasteiger partial charge on any atom is -0.310 e. The third kappa shape index (κ3) is 4.04. The third-order valence-electron chi connectivity index (χ3n) is 13.1. The average Bonchev–Trinajstić information content (AvgIpc) is 3.94. The molecule has 2 heterocycles. The number of benzene rings is 7. The van der Waals surface area contributed by atoms with E-state index in [9.17, 15) is 0 Å². The largest absolute Gasteiger partial charge is 0.310 e. The molecule has 0 saturated heterocycles. The van der Waals surface area contributed by atoms with E-state index in [-0.39, 0.29) is 5.41 Å². The fraction of sp³-hybridized carbons (Fsp3) is 0.113. The Morgan fingerprint density at radius 2 is 1.29 bits per heavy atom. The Kier molecular flexibility index (Phi) is 6.44. The summed E-state index contributed by atoms with van der Waals surface area (Å²) in [6, 6.07) is 60.5. The van der Waals surface area contributed by atoms with Crippen LogP contribution in [0.3, 0.4) is 0 Å². The zero-order valence-corrected chi connectivity index (χ0v) is 31.5. The molecule has 7 aromatic carbocycles. The number of hydrogen-bond donors (Lipinski definition) is 0. The first-order chi connectivity index (χ1) is 27.5. The maximum absolute atomic E-state index is 5.49. The van der Waals surface area contributed by atoms with Crippen LogP contribution in [0.2, 0.25) is 0 Å². The van der Waals surface area contributed by atoms with Crippen molar-refractivity contribution in [2.75, 3.05) is 4.90 Å². The summed E-state index contributed by atoms with van der Waals surface area (Å²) in [5.74, 6) is 1.09. The van der Waals surface area contributed by atoms with Crippen molar-refractivity contribution >= 4 is 33.7 Å². The van der Waals surface area contributed by atoms with E-state index in [0.29, 0.717) is 0 Å². The number of anilines is 3. The van der Waals surface area contributed by atoms with E-state index in [1.54, 1.807) is 0 Å². The van der Waals surface area contributed by atoms with Crippen LogP contribution in [0.15, 0.2) is 182 Å². The molecule has 12 rings (SSSR count). The van der Waals surface area contributed by atoms with Gasteiger partial charge in [-0.3, -0.25) is 4.57 Å². The lowest BCUT2D eigenvalue weighted by Gasteiger charge is -2.31. The number of imidazole rings is 1. The molecule has 266 valence electrons. The van der Waals surface area contributed by atoms with E-state index in [2.05, 4.69) is 199 Å². The highest BCUT2D eigenvalue weighted by Crippen LogP contribution is 2.63. The van der Waals surface area contributed by atoms with Crippen molar-refractivity contribution in [3.05, 3.63) is 215 Å². The summed E-state index contributed by atoms with van der Waals surface area (Å²) >= 11 is 0. The molecule has 0 fully saturated rings. The second kappa shape index (κ2) is 11.4. The third-order valence-corrected chi connectivity index (χ3v) is 13.1. The van der Waals surface area contributed by atoms with Crippen molar-refractivity contribution < 1.29 is 0 Å². The van der Waals surface area contributed by atoms with Crippen molar-refractivity contribution in [2.45, 2.75) is 37.5 Å². The summed E-state index contributed by atoms with van der Waals surface area (Å²) in [5.41, 5.74) is 21.0. The molecule has 1 atom stereocenters. The Bertz CT molecular complexity index is 3000. The molecule has 3 nitrogen and oxygen atoms in total. The summed E-state index contributed by atoms with van der Waals surface area (Å²) < 4.78 is 2.42. The number of hydrogen-bond acceptors (Lipinski definition) is 2. The molecule has 0 saturated carbocycles. The number of fused-ring (bicyclic) bond motifs is 14. The smallest absolute Gasteiger partial charge is 0.134 e. The van der Waals surface area contributed by atoms with Crippen LogP contribution >= 0.6 is 0 Å². The molecule has 1 aromatic heterocycles. The molecule has 0 amide bonds. The molecule has 0 radical (unpaired) electrons. The van der Waals surface area contributed by atoms with Gasteiger partial charge >= 0.3 is 0 Å². The summed E-state index contributed by atoms with van der Waals surface area (Å²) in [5, 5.41) is 0. The minimum absolute atomic E-state index is 0.0391. The molecule has 56 heavy (non-hydrogen) atoms. The number of nitrogens with zero attached hydrogens (tertiary/aromatic N) is 3. The Labute approximate surface area is 327 Å². The molecule has 4 aliphatic rings. The number of aromatic nitrogens is 2. The standard InChI is InChI=1S/C53H39N3/c1-52(2)41-19-8-6-17-38(41)39-32-29-35(33-45(39)52)34-27-30-37(31-28-34)55(36-15-4-3-5-16-36)49-26-14-22-44-50(49)40-18-7-9-20-42(40)53(44)43-21-10-12-24-47(43)56-48-25-13-11-23-46(48)54-51(53)56/h3-6,8-17,19-33H,7,18H2,1-2H3. The van der Waals surface area contributed by atoms with Crippen LogP contribution in [-0.4, -0.2) is 9.55 Å². The quantitative estimate of drug-likeness (QED) is 0.181. The lowest BCUT2D eigenvalue weighted by Crippen LogP contribution is -2.28. The van der Waals surface area contributed by atoms with E-state index in [4.69, 9.17) is 4.98 Å². The second-order valence-corrected chi connectivity index (χ2v) is 16.2. The van der Waals surface area contributed by atoms with Crippen molar-refractivity contribution in [1.29, 1.82) is 0 Å². The molecule has 8 aromatic rings. The van der Waals surface area contributed by atoms with Crippen LogP contribution in [0.5, 0.6) is 0 Å². The van der Waals surface area contributed by atoms with Crippen LogP contribution in [0, 0.1) is 0 Å². The van der Waals surface area contributed by atoms with Crippen LogP contribution in [0.25, 0.3) is 44.5 Å². The fourth-order valence-corrected chi connectivity index (χ4v) is 10.6. The monoisotopic (exact) mass is 717 g/mol. The van der Waals surface area contributed by atoms with E-state index in [1.165, 1.54) is 72.6 Å². The molecular formula is C53H39N3. The topological polar surface area (TPSA) is 21.1 Å². The Morgan fingerprint density at radius 1 is 0.589 bits per heavy atom. The van der Waals surface area contributed by atoms with Gasteiger partial charge in [0.2, 0.25) is 0 Å². The summed E-state index contributed by atoms with van der Waals surface area (Å²) in [6.07, 6.45) is 6.78. The summed E-state index contributed by atoms with van der Waals surface area (Å²) in [4.78, 5) is 7.96. The Hall–Kier alpha value is -6.71. The van der Waals surface area contributed by atoms with Crippen molar-refractivity contribution in [3.8, 4) is 27.9 Å². The Balaban J connectivity index is 1.04. The molecule has 3 aliphatic carbocycles. The van der Waals surface area contributed by atoms with Gasteiger partial charge in [-0.05, 0) is 123 Å². The van der Waals surface area contributed by atoms with Gasteiger partial charge < -0.3 is 4.90 Å². The molecule has 0 bridgehead atoms. The lowest BCUT2D eigenvalue weighted by molar-refractivity contribution is 0.660. The van der Waals surface area contributed by atoms with Crippen molar-refractivity contribution in [3.63, 3.8) is 0 Å². The van der Waals surface area contributed by atoms with Gasteiger partial charge in [0.25, 0.3) is 0 Å². The first-order valence-electron chi connectivity index (χ1n) is 19.9. The van der Waals surface area contributed by atoms with Gasteiger partial charge in [-0.25, -0.2) is 4.98 Å². The van der Waals surface area contributed by atoms with Gasteiger partial charge in [0.1, 0.15) is 11.2 Å². The molecule has 0 N–H and O–H groups in total. The molecular weight excluding hydrogens is 679 g/mol. The van der Waals surface area contributed by atoms with E-state index in [1.807, 2.05) is 0 Å². The van der Waals surface area contributed by atoms with Crippen LogP contribution < -0.4 is 4.90 Å². The van der Waals surface area contributed by atoms with Crippen molar-refractivity contribution in [2.24, 2.45) is 0 Å². The van der Waals surface area contributed by atoms with Crippen LogP contribution in [-0.2, 0) is 10.8 Å². The highest BCUT2D eigenvalue weighted by molar-refractivity contribution is 5.98. The highest BCUT2D eigenvalue weighted by atomic mass is 15.2. The predicted molar refractivity (Wildman–Crippen MR) is 230 cm³/mol. The van der Waals surface area contributed by atoms with E-state index in [0.717, 1.165) is 41.1 Å². The minimum atomic E-state index is -0.513. The van der Waals surface area contributed by atoms with Crippen molar-refractivity contribution in [1.82, 2.24) is 9.55 Å². The van der Waals surface area contributed by atoms with E-state index < -0.39 is 5.41 Å². The predicted octanol–water partition coefficient (Wildman–Crippen LogP) is 13.2. The SMILES string of the molecule is CC1(C)c2ccccc2-c2ccc(-c3ccc(N(c4ccccc4)c4cccc5c4C4=C(C=CCC4)C54c5ccccc5-n5c4nc4ccccc45)cc3)cc21. The number of rotatable bonds is 4. The second-order valence-electron chi connectivity index (χ2n) is 16.2. The summed E-state index contributed by atoms with van der Waals surface area (Å²) in [6.45, 7) is 4.71. The van der Waals surface area contributed by atoms with Gasteiger partial charge in [-0.1, -0.05) is 135 Å². The maximum Gasteiger partial charge on any atom is 0.134 e. The van der Waals surface area contributed by atoms with Crippen LogP contribution in [0.4, 0.5) is 17.1 Å². The van der Waals surface area contributed by atoms with Gasteiger partial charge in [0.05, 0.1) is 22.4 Å². The molecule has 1 spiro atoms. The maximum atomic E-state index is 5.49. The number of allylic oxidation sites excluding steroid dienone is 4. The van der Waals surface area contributed by atoms with E-state index >= 15 is 0 Å². The van der Waals surface area contributed by atoms with Gasteiger partial charge in [-0.2, -0.15) is 0 Å². The molecule has 1 aliphatic heterocycles. The first kappa shape index (κ1) is 31.6. The first-order valence-corrected chi connectivity index (χ1v) is 19.9. The van der Waals surface area contributed by atoms with Crippen LogP contribution in [0.1, 0.15) is 60.3 Å². The molecule has 3 heteroatoms. The normalized spacial score (nSPS) is 17.8. The summed E-state index contributed by atoms with van der Waals surface area (Å²) in [7, 11) is 0. The average molecular weight is 718 g/mol. The van der Waals surface area contributed by atoms with Gasteiger partial charge in [0.15, 0.2) is 0 Å².